The summed E-state index contributed by atoms with van der Waals surface area (Å²) in [5.74, 6) is 0.0671. The fraction of sp³-hybridized carbons (Fsp3) is 0.526. The number of carbonyl (C=O) groups excluding carboxylic acids is 1. The van der Waals surface area contributed by atoms with Crippen molar-refractivity contribution in [3.8, 4) is 0 Å². The lowest BCUT2D eigenvalue weighted by Crippen LogP contribution is -2.49. The second-order valence-electron chi connectivity index (χ2n) is 6.23. The van der Waals surface area contributed by atoms with Gasteiger partial charge in [-0.15, -0.1) is 0 Å². The molecule has 3 N–H and O–H groups in total. The van der Waals surface area contributed by atoms with E-state index in [4.69, 9.17) is 0 Å². The quantitative estimate of drug-likeness (QED) is 0.747. The molecule has 124 valence electrons. The zero-order chi connectivity index (χ0) is 16.2. The van der Waals surface area contributed by atoms with Gasteiger partial charge in [-0.25, -0.2) is 0 Å². The molecule has 1 aromatic carbocycles. The molecule has 0 aromatic heterocycles. The maximum absolute atomic E-state index is 12.3. The van der Waals surface area contributed by atoms with E-state index >= 15 is 0 Å². The molecule has 1 unspecified atom stereocenters. The number of fused-ring (bicyclic) bond motifs is 1. The predicted molar refractivity (Wildman–Crippen MR) is 92.9 cm³/mol. The van der Waals surface area contributed by atoms with Crippen LogP contribution in [-0.4, -0.2) is 24.5 Å². The molecule has 2 heterocycles. The van der Waals surface area contributed by atoms with Crippen molar-refractivity contribution in [2.24, 2.45) is 0 Å². The summed E-state index contributed by atoms with van der Waals surface area (Å²) in [6, 6.07) is 11.2. The first-order valence-corrected chi connectivity index (χ1v) is 8.92. The monoisotopic (exact) mass is 313 g/mol. The van der Waals surface area contributed by atoms with E-state index in [0.717, 1.165) is 11.3 Å². The summed E-state index contributed by atoms with van der Waals surface area (Å²) in [7, 11) is 0. The summed E-state index contributed by atoms with van der Waals surface area (Å²) < 4.78 is 0. The van der Waals surface area contributed by atoms with Crippen LogP contribution >= 0.6 is 0 Å². The lowest BCUT2D eigenvalue weighted by molar-refractivity contribution is -0.117. The van der Waals surface area contributed by atoms with Crippen molar-refractivity contribution in [2.75, 3.05) is 6.54 Å². The van der Waals surface area contributed by atoms with E-state index in [2.05, 4.69) is 28.1 Å². The van der Waals surface area contributed by atoms with Crippen LogP contribution in [0.15, 0.2) is 41.6 Å². The van der Waals surface area contributed by atoms with Crippen molar-refractivity contribution in [1.82, 2.24) is 16.0 Å². The van der Waals surface area contributed by atoms with Crippen LogP contribution in [0, 0.1) is 0 Å². The smallest absolute Gasteiger partial charge is 0.251 e. The van der Waals surface area contributed by atoms with Crippen molar-refractivity contribution < 1.29 is 4.79 Å². The molecule has 1 aromatic rings. The Labute approximate surface area is 138 Å². The molecule has 4 nitrogen and oxygen atoms in total. The zero-order valence-corrected chi connectivity index (χ0v) is 14.1. The molecule has 0 bridgehead atoms. The second kappa shape index (κ2) is 7.18. The van der Waals surface area contributed by atoms with Crippen LogP contribution in [0.25, 0.3) is 0 Å². The number of amides is 1. The molecule has 3 atom stereocenters. The van der Waals surface area contributed by atoms with Crippen molar-refractivity contribution in [3.63, 3.8) is 0 Å². The predicted octanol–water partition coefficient (Wildman–Crippen LogP) is 2.64. The zero-order valence-electron chi connectivity index (χ0n) is 14.1. The maximum atomic E-state index is 12.3. The van der Waals surface area contributed by atoms with Gasteiger partial charge in [0, 0.05) is 17.8 Å². The highest BCUT2D eigenvalue weighted by Gasteiger charge is 2.38. The molecule has 3 aliphatic rings. The minimum Gasteiger partial charge on any atom is -0.382 e. The standard InChI is InChI=1S/C17H21N3O.C2H6/c21-17-15-14(10-18-17)19-12-8-4-5-9-13(12)20-16(15)11-6-2-1-3-7-11;1-2/h1-3,6-7,12-13,16,19-20H,4-5,8-10H2,(H,18,21);1-2H3/t12-,13-,16?;/m1./s1. The van der Waals surface area contributed by atoms with Crippen LogP contribution < -0.4 is 16.0 Å². The topological polar surface area (TPSA) is 53.2 Å². The summed E-state index contributed by atoms with van der Waals surface area (Å²) in [6.45, 7) is 4.64. The minimum atomic E-state index is 0.00398. The highest BCUT2D eigenvalue weighted by Crippen LogP contribution is 2.33. The Hall–Kier alpha value is -1.81. The van der Waals surface area contributed by atoms with E-state index in [9.17, 15) is 4.79 Å². The van der Waals surface area contributed by atoms with Crippen molar-refractivity contribution in [3.05, 3.63) is 47.2 Å². The van der Waals surface area contributed by atoms with Crippen LogP contribution in [0.1, 0.15) is 51.1 Å². The fourth-order valence-electron chi connectivity index (χ4n) is 3.86. The van der Waals surface area contributed by atoms with Gasteiger partial charge in [0.05, 0.1) is 18.2 Å². The third-order valence-corrected chi connectivity index (χ3v) is 4.92. The summed E-state index contributed by atoms with van der Waals surface area (Å²) >= 11 is 0. The van der Waals surface area contributed by atoms with Gasteiger partial charge in [-0.2, -0.15) is 0 Å². The van der Waals surface area contributed by atoms with Gasteiger partial charge in [0.25, 0.3) is 5.91 Å². The van der Waals surface area contributed by atoms with Gasteiger partial charge in [-0.3, -0.25) is 4.79 Å². The van der Waals surface area contributed by atoms with Crippen molar-refractivity contribution in [2.45, 2.75) is 57.7 Å². The van der Waals surface area contributed by atoms with E-state index < -0.39 is 0 Å². The number of hydrogen-bond acceptors (Lipinski definition) is 3. The lowest BCUT2D eigenvalue weighted by Gasteiger charge is -2.33. The second-order valence-corrected chi connectivity index (χ2v) is 6.23. The van der Waals surface area contributed by atoms with Crippen molar-refractivity contribution >= 4 is 5.91 Å². The van der Waals surface area contributed by atoms with Crippen LogP contribution in [-0.2, 0) is 4.79 Å². The Balaban J connectivity index is 0.000000753. The number of carbonyl (C=O) groups is 1. The molecule has 4 heteroatoms. The molecule has 1 fully saturated rings. The van der Waals surface area contributed by atoms with Crippen LogP contribution in [0.4, 0.5) is 0 Å². The molecule has 0 spiro atoms. The Kier molecular flexibility index (Phi) is 5.01. The first-order chi connectivity index (χ1) is 11.3. The third kappa shape index (κ3) is 3.13. The molecular formula is C19H27N3O. The first-order valence-electron chi connectivity index (χ1n) is 8.92. The van der Waals surface area contributed by atoms with E-state index in [1.54, 1.807) is 0 Å². The highest BCUT2D eigenvalue weighted by molar-refractivity contribution is 5.98. The fourth-order valence-corrected chi connectivity index (χ4v) is 3.86. The van der Waals surface area contributed by atoms with E-state index in [-0.39, 0.29) is 11.9 Å². The number of rotatable bonds is 1. The van der Waals surface area contributed by atoms with Gasteiger partial charge < -0.3 is 16.0 Å². The van der Waals surface area contributed by atoms with E-state index in [1.807, 2.05) is 32.0 Å². The normalized spacial score (nSPS) is 29.3. The van der Waals surface area contributed by atoms with Gasteiger partial charge in [0.1, 0.15) is 0 Å². The Morgan fingerprint density at radius 1 is 1.00 bits per heavy atom. The number of hydrogen-bond donors (Lipinski definition) is 3. The van der Waals surface area contributed by atoms with Crippen molar-refractivity contribution in [1.29, 1.82) is 0 Å². The molecule has 1 amide bonds. The minimum absolute atomic E-state index is 0.00398. The average molecular weight is 313 g/mol. The summed E-state index contributed by atoms with van der Waals surface area (Å²) in [5.41, 5.74) is 3.15. The van der Waals surface area contributed by atoms with E-state index in [0.29, 0.717) is 18.6 Å². The van der Waals surface area contributed by atoms with Gasteiger partial charge in [-0.05, 0) is 18.4 Å². The number of nitrogens with one attached hydrogen (secondary N) is 3. The molecule has 1 aliphatic carbocycles. The summed E-state index contributed by atoms with van der Waals surface area (Å²) in [4.78, 5) is 12.3. The van der Waals surface area contributed by atoms with Gasteiger partial charge in [0.15, 0.2) is 0 Å². The molecular weight excluding hydrogens is 286 g/mol. The van der Waals surface area contributed by atoms with Gasteiger partial charge >= 0.3 is 0 Å². The van der Waals surface area contributed by atoms with Crippen LogP contribution in [0.3, 0.4) is 0 Å². The molecule has 23 heavy (non-hydrogen) atoms. The molecule has 1 saturated carbocycles. The Morgan fingerprint density at radius 3 is 2.43 bits per heavy atom. The summed E-state index contributed by atoms with van der Waals surface area (Å²) in [6.07, 6.45) is 4.91. The van der Waals surface area contributed by atoms with E-state index in [1.165, 1.54) is 31.2 Å². The highest BCUT2D eigenvalue weighted by atomic mass is 16.2. The molecule has 4 rings (SSSR count). The van der Waals surface area contributed by atoms with Crippen LogP contribution in [0.5, 0.6) is 0 Å². The Morgan fingerprint density at radius 2 is 1.70 bits per heavy atom. The Bertz CT molecular complexity index is 582. The maximum Gasteiger partial charge on any atom is 0.251 e. The third-order valence-electron chi connectivity index (χ3n) is 4.92. The largest absolute Gasteiger partial charge is 0.382 e. The lowest BCUT2D eigenvalue weighted by atomic mass is 9.89. The molecule has 0 radical (unpaired) electrons. The van der Waals surface area contributed by atoms with Gasteiger partial charge in [0.2, 0.25) is 0 Å². The summed E-state index contributed by atoms with van der Waals surface area (Å²) in [5, 5.41) is 10.4. The SMILES string of the molecule is CC.O=C1NCC2=C1C(c1ccccc1)N[C@@H]1CCCC[C@H]1N2. The number of benzene rings is 1. The average Bonchev–Trinajstić information content (AvgIpc) is 2.88. The molecule has 0 saturated heterocycles. The van der Waals surface area contributed by atoms with Gasteiger partial charge in [-0.1, -0.05) is 57.0 Å². The van der Waals surface area contributed by atoms with Crippen LogP contribution in [0.2, 0.25) is 0 Å². The molecule has 2 aliphatic heterocycles. The first kappa shape index (κ1) is 16.1.